The highest BCUT2D eigenvalue weighted by Crippen LogP contribution is 2.33. The van der Waals surface area contributed by atoms with E-state index in [-0.39, 0.29) is 12.4 Å². The lowest BCUT2D eigenvalue weighted by Crippen LogP contribution is -2.52. The molecule has 1 aliphatic rings. The van der Waals surface area contributed by atoms with Crippen molar-refractivity contribution in [1.29, 1.82) is 0 Å². The minimum atomic E-state index is -4.64. The number of carbonyl (C=O) groups is 1. The summed E-state index contributed by atoms with van der Waals surface area (Å²) in [4.78, 5) is 15.4. The molecule has 1 aromatic heterocycles. The lowest BCUT2D eigenvalue weighted by atomic mass is 10.2. The van der Waals surface area contributed by atoms with Crippen molar-refractivity contribution in [3.63, 3.8) is 0 Å². The molecule has 27 heavy (non-hydrogen) atoms. The largest absolute Gasteiger partial charge is 0.436 e. The van der Waals surface area contributed by atoms with Crippen molar-refractivity contribution >= 4 is 23.6 Å². The van der Waals surface area contributed by atoms with Crippen molar-refractivity contribution in [1.82, 2.24) is 14.7 Å². The van der Waals surface area contributed by atoms with Crippen LogP contribution in [0, 0.1) is 5.82 Å². The van der Waals surface area contributed by atoms with Gasteiger partial charge in [-0.25, -0.2) is 4.39 Å². The van der Waals surface area contributed by atoms with Gasteiger partial charge >= 0.3 is 6.18 Å². The molecule has 1 unspecified atom stereocenters. The molecule has 1 fully saturated rings. The van der Waals surface area contributed by atoms with E-state index in [1.165, 1.54) is 12.1 Å². The second kappa shape index (κ2) is 7.85. The lowest BCUT2D eigenvalue weighted by molar-refractivity contribution is -0.141. The van der Waals surface area contributed by atoms with Crippen LogP contribution in [0.2, 0.25) is 5.02 Å². The summed E-state index contributed by atoms with van der Waals surface area (Å²) in [6.45, 7) is 2.30. The van der Waals surface area contributed by atoms with Crippen LogP contribution in [0.15, 0.2) is 30.5 Å². The molecule has 1 aliphatic heterocycles. The van der Waals surface area contributed by atoms with Crippen LogP contribution >= 0.6 is 11.6 Å². The molecule has 1 saturated heterocycles. The average Bonchev–Trinajstić information content (AvgIpc) is 3.01. The molecule has 0 spiro atoms. The number of nitrogens with zero attached hydrogens (tertiary/aromatic N) is 4. The molecule has 0 saturated carbocycles. The smallest absolute Gasteiger partial charge is 0.369 e. The van der Waals surface area contributed by atoms with Crippen LogP contribution in [0.1, 0.15) is 5.69 Å². The van der Waals surface area contributed by atoms with Crippen LogP contribution in [0.5, 0.6) is 0 Å². The summed E-state index contributed by atoms with van der Waals surface area (Å²) in [7, 11) is 0. The maximum atomic E-state index is 13.0. The number of anilines is 1. The molecular formula is C17H17ClF4N4O. The predicted octanol–water partition coefficient (Wildman–Crippen LogP) is 3.08. The van der Waals surface area contributed by atoms with Gasteiger partial charge in [0.1, 0.15) is 12.1 Å². The summed E-state index contributed by atoms with van der Waals surface area (Å²) in [6, 6.07) is 5.53. The highest BCUT2D eigenvalue weighted by Gasteiger charge is 2.37. The number of piperazine rings is 1. The Labute approximate surface area is 158 Å². The van der Waals surface area contributed by atoms with E-state index in [2.05, 4.69) is 10.00 Å². The normalized spacial score (nSPS) is 17.1. The Bertz CT molecular complexity index is 785. The van der Waals surface area contributed by atoms with Crippen LogP contribution in [-0.2, 0) is 17.5 Å². The van der Waals surface area contributed by atoms with Crippen molar-refractivity contribution < 1.29 is 22.4 Å². The highest BCUT2D eigenvalue weighted by atomic mass is 35.5. The fourth-order valence-corrected chi connectivity index (χ4v) is 3.34. The van der Waals surface area contributed by atoms with Crippen LogP contribution in [0.25, 0.3) is 0 Å². The summed E-state index contributed by atoms with van der Waals surface area (Å²) in [5.41, 5.74) is -0.276. The molecule has 0 amide bonds. The van der Waals surface area contributed by atoms with E-state index >= 15 is 0 Å². The minimum Gasteiger partial charge on any atom is -0.369 e. The van der Waals surface area contributed by atoms with E-state index in [0.717, 1.165) is 16.6 Å². The van der Waals surface area contributed by atoms with Crippen LogP contribution in [-0.4, -0.2) is 53.2 Å². The molecule has 1 aromatic carbocycles. The third-order valence-electron chi connectivity index (χ3n) is 4.49. The number of rotatable bonds is 5. The average molecular weight is 405 g/mol. The van der Waals surface area contributed by atoms with Gasteiger partial charge in [-0.05, 0) is 24.3 Å². The third kappa shape index (κ3) is 4.59. The highest BCUT2D eigenvalue weighted by molar-refractivity contribution is 6.31. The number of aromatic nitrogens is 2. The Kier molecular flexibility index (Phi) is 5.71. The SMILES string of the molecule is O=CC(Cn1cc(Cl)c(C(F)(F)F)n1)N1CCN(c2ccc(F)cc2)CC1. The van der Waals surface area contributed by atoms with Crippen LogP contribution in [0.3, 0.4) is 0 Å². The van der Waals surface area contributed by atoms with E-state index in [4.69, 9.17) is 11.6 Å². The molecule has 2 aromatic rings. The van der Waals surface area contributed by atoms with Gasteiger partial charge in [0.2, 0.25) is 0 Å². The molecule has 0 N–H and O–H groups in total. The summed E-state index contributed by atoms with van der Waals surface area (Å²) in [5, 5.41) is 2.97. The van der Waals surface area contributed by atoms with Gasteiger partial charge in [-0.15, -0.1) is 0 Å². The Morgan fingerprint density at radius 3 is 2.30 bits per heavy atom. The van der Waals surface area contributed by atoms with E-state index in [1.54, 1.807) is 12.1 Å². The Hall–Kier alpha value is -2.13. The molecule has 3 rings (SSSR count). The van der Waals surface area contributed by atoms with Gasteiger partial charge in [-0.2, -0.15) is 18.3 Å². The zero-order valence-electron chi connectivity index (χ0n) is 14.2. The molecule has 10 heteroatoms. The number of benzene rings is 1. The number of alkyl halides is 3. The summed E-state index contributed by atoms with van der Waals surface area (Å²) in [6.07, 6.45) is -2.86. The van der Waals surface area contributed by atoms with Crippen molar-refractivity contribution in [3.05, 3.63) is 47.0 Å². The van der Waals surface area contributed by atoms with Crippen LogP contribution < -0.4 is 4.90 Å². The first-order valence-corrected chi connectivity index (χ1v) is 8.65. The van der Waals surface area contributed by atoms with Gasteiger partial charge in [0.15, 0.2) is 5.69 Å². The first kappa shape index (κ1) is 19.6. The van der Waals surface area contributed by atoms with Gasteiger partial charge in [-0.1, -0.05) is 11.6 Å². The van der Waals surface area contributed by atoms with Gasteiger partial charge in [-0.3, -0.25) is 9.58 Å². The van der Waals surface area contributed by atoms with Gasteiger partial charge in [0.05, 0.1) is 17.6 Å². The number of carbonyl (C=O) groups excluding carboxylic acids is 1. The Balaban J connectivity index is 1.62. The lowest BCUT2D eigenvalue weighted by Gasteiger charge is -2.38. The topological polar surface area (TPSA) is 41.4 Å². The minimum absolute atomic E-state index is 0.0180. The number of aldehydes is 1. The molecule has 1 atom stereocenters. The second-order valence-corrected chi connectivity index (χ2v) is 6.66. The summed E-state index contributed by atoms with van der Waals surface area (Å²) < 4.78 is 52.5. The number of hydrogen-bond acceptors (Lipinski definition) is 4. The van der Waals surface area contributed by atoms with Gasteiger partial charge in [0, 0.05) is 38.1 Å². The predicted molar refractivity (Wildman–Crippen MR) is 92.3 cm³/mol. The fourth-order valence-electron chi connectivity index (χ4n) is 3.08. The van der Waals surface area contributed by atoms with Crippen molar-refractivity contribution in [2.75, 3.05) is 31.1 Å². The first-order valence-electron chi connectivity index (χ1n) is 8.28. The molecule has 0 radical (unpaired) electrons. The van der Waals surface area contributed by atoms with Gasteiger partial charge in [0.25, 0.3) is 0 Å². The summed E-state index contributed by atoms with van der Waals surface area (Å²) >= 11 is 5.60. The standard InChI is InChI=1S/C17H17ClF4N4O/c18-15-10-26(23-16(15)17(20,21)22)9-14(11-27)25-7-5-24(6-8-25)13-3-1-12(19)2-4-13/h1-4,10-11,14H,5-9H2. The van der Waals surface area contributed by atoms with Crippen molar-refractivity contribution in [3.8, 4) is 0 Å². The fraction of sp³-hybridized carbons (Fsp3) is 0.412. The zero-order chi connectivity index (χ0) is 19.6. The first-order chi connectivity index (χ1) is 12.8. The van der Waals surface area contributed by atoms with E-state index < -0.39 is 22.9 Å². The molecule has 0 bridgehead atoms. The van der Waals surface area contributed by atoms with Crippen molar-refractivity contribution in [2.24, 2.45) is 0 Å². The second-order valence-electron chi connectivity index (χ2n) is 6.25. The maximum Gasteiger partial charge on any atom is 0.436 e. The maximum absolute atomic E-state index is 13.0. The number of hydrogen-bond donors (Lipinski definition) is 0. The van der Waals surface area contributed by atoms with E-state index in [9.17, 15) is 22.4 Å². The van der Waals surface area contributed by atoms with E-state index in [1.807, 2.05) is 4.90 Å². The van der Waals surface area contributed by atoms with Crippen LogP contribution in [0.4, 0.5) is 23.2 Å². The molecule has 146 valence electrons. The number of halogens is 5. The monoisotopic (exact) mass is 404 g/mol. The van der Waals surface area contributed by atoms with E-state index in [0.29, 0.717) is 32.5 Å². The molecule has 0 aliphatic carbocycles. The molecule has 2 heterocycles. The zero-order valence-corrected chi connectivity index (χ0v) is 14.9. The summed E-state index contributed by atoms with van der Waals surface area (Å²) in [5.74, 6) is -0.311. The quantitative estimate of drug-likeness (QED) is 0.567. The van der Waals surface area contributed by atoms with Crippen molar-refractivity contribution in [2.45, 2.75) is 18.8 Å². The molecule has 5 nitrogen and oxygen atoms in total. The van der Waals surface area contributed by atoms with Gasteiger partial charge < -0.3 is 9.69 Å². The molecular weight excluding hydrogens is 388 g/mol. The third-order valence-corrected chi connectivity index (χ3v) is 4.77. The Morgan fingerprint density at radius 1 is 1.15 bits per heavy atom. The Morgan fingerprint density at radius 2 is 1.78 bits per heavy atom.